The second kappa shape index (κ2) is 4.57. The largest absolute Gasteiger partial charge is 0.374 e. The second-order valence-electron chi connectivity index (χ2n) is 3.65. The minimum Gasteiger partial charge on any atom is -0.374 e. The summed E-state index contributed by atoms with van der Waals surface area (Å²) in [6, 6.07) is 0. The molecule has 1 atom stereocenters. The first-order valence-corrected chi connectivity index (χ1v) is 5.18. The van der Waals surface area contributed by atoms with E-state index >= 15 is 0 Å². The molecule has 0 radical (unpaired) electrons. The van der Waals surface area contributed by atoms with E-state index in [2.05, 4.69) is 21.4 Å². The molecule has 0 aliphatic carbocycles. The molecule has 0 N–H and O–H groups in total. The van der Waals surface area contributed by atoms with Crippen LogP contribution in [0.4, 0.5) is 0 Å². The summed E-state index contributed by atoms with van der Waals surface area (Å²) in [4.78, 5) is 6.44. The molecule has 0 bridgehead atoms. The number of ether oxygens (including phenoxy) is 1. The third-order valence-electron chi connectivity index (χ3n) is 2.64. The Morgan fingerprint density at radius 2 is 2.50 bits per heavy atom. The van der Waals surface area contributed by atoms with E-state index < -0.39 is 0 Å². The summed E-state index contributed by atoms with van der Waals surface area (Å²) in [6.07, 6.45) is 5.95. The predicted octanol–water partition coefficient (Wildman–Crippen LogP) is 0.604. The fourth-order valence-electron chi connectivity index (χ4n) is 1.81. The smallest absolute Gasteiger partial charge is 0.0946 e. The van der Waals surface area contributed by atoms with Gasteiger partial charge in [0.25, 0.3) is 0 Å². The number of rotatable bonds is 3. The van der Waals surface area contributed by atoms with Crippen LogP contribution in [0.3, 0.4) is 0 Å². The Kier molecular flexibility index (Phi) is 3.16. The maximum atomic E-state index is 5.69. The molecule has 0 saturated carbocycles. The fraction of sp³-hybridized carbons (Fsp3) is 0.700. The first-order chi connectivity index (χ1) is 6.88. The van der Waals surface area contributed by atoms with Gasteiger partial charge in [-0.25, -0.2) is 4.98 Å². The summed E-state index contributed by atoms with van der Waals surface area (Å²) in [6.45, 7) is 7.18. The number of aromatic nitrogens is 2. The zero-order valence-electron chi connectivity index (χ0n) is 8.59. The molecule has 1 saturated heterocycles. The number of imidazole rings is 1. The van der Waals surface area contributed by atoms with Gasteiger partial charge in [0.1, 0.15) is 0 Å². The van der Waals surface area contributed by atoms with Gasteiger partial charge in [-0.05, 0) is 6.54 Å². The van der Waals surface area contributed by atoms with Crippen molar-refractivity contribution in [2.24, 2.45) is 0 Å². The number of hydrogen-bond donors (Lipinski definition) is 0. The highest BCUT2D eigenvalue weighted by molar-refractivity contribution is 4.78. The maximum absolute atomic E-state index is 5.69. The van der Waals surface area contributed by atoms with Gasteiger partial charge in [-0.2, -0.15) is 0 Å². The lowest BCUT2D eigenvalue weighted by molar-refractivity contribution is -0.0343. The van der Waals surface area contributed by atoms with Crippen molar-refractivity contribution in [3.63, 3.8) is 0 Å². The van der Waals surface area contributed by atoms with E-state index in [1.807, 2.05) is 12.5 Å². The molecule has 78 valence electrons. The van der Waals surface area contributed by atoms with Crippen LogP contribution in [0, 0.1) is 0 Å². The lowest BCUT2D eigenvalue weighted by Crippen LogP contribution is -2.43. The monoisotopic (exact) mass is 195 g/mol. The number of hydrogen-bond acceptors (Lipinski definition) is 3. The van der Waals surface area contributed by atoms with Gasteiger partial charge in [0.15, 0.2) is 0 Å². The first-order valence-electron chi connectivity index (χ1n) is 5.18. The van der Waals surface area contributed by atoms with Gasteiger partial charge >= 0.3 is 0 Å². The van der Waals surface area contributed by atoms with Crippen molar-refractivity contribution in [1.29, 1.82) is 0 Å². The molecule has 0 aromatic carbocycles. The van der Waals surface area contributed by atoms with Gasteiger partial charge in [-0.15, -0.1) is 0 Å². The van der Waals surface area contributed by atoms with Gasteiger partial charge in [0.05, 0.1) is 25.6 Å². The summed E-state index contributed by atoms with van der Waals surface area (Å²) >= 11 is 0. The normalized spacial score (nSPS) is 23.9. The van der Waals surface area contributed by atoms with Crippen molar-refractivity contribution in [2.45, 2.75) is 19.6 Å². The molecule has 0 amide bonds. The van der Waals surface area contributed by atoms with E-state index in [9.17, 15) is 0 Å². The van der Waals surface area contributed by atoms with Crippen LogP contribution in [0.1, 0.15) is 6.92 Å². The van der Waals surface area contributed by atoms with Crippen LogP contribution in [0.2, 0.25) is 0 Å². The van der Waals surface area contributed by atoms with Crippen molar-refractivity contribution in [3.8, 4) is 0 Å². The maximum Gasteiger partial charge on any atom is 0.0946 e. The van der Waals surface area contributed by atoms with Gasteiger partial charge in [0.2, 0.25) is 0 Å². The third kappa shape index (κ3) is 2.33. The van der Waals surface area contributed by atoms with Crippen LogP contribution in [0.25, 0.3) is 0 Å². The Bertz CT molecular complexity index is 260. The van der Waals surface area contributed by atoms with Crippen LogP contribution in [-0.2, 0) is 11.3 Å². The van der Waals surface area contributed by atoms with E-state index in [1.54, 1.807) is 6.20 Å². The molecule has 0 unspecified atom stereocenters. The first kappa shape index (κ1) is 9.68. The SMILES string of the molecule is CCN1CCO[C@H](Cn2ccnc2)C1. The highest BCUT2D eigenvalue weighted by Crippen LogP contribution is 2.06. The summed E-state index contributed by atoms with van der Waals surface area (Å²) in [5.74, 6) is 0. The molecule has 2 heterocycles. The standard InChI is InChI=1S/C10H17N3O/c1-2-12-5-6-14-10(7-12)8-13-4-3-11-9-13/h3-4,9-10H,2,5-8H2,1H3/t10-/m0/s1. The van der Waals surface area contributed by atoms with Gasteiger partial charge in [-0.3, -0.25) is 4.90 Å². The Labute approximate surface area is 84.5 Å². The van der Waals surface area contributed by atoms with Crippen molar-refractivity contribution in [1.82, 2.24) is 14.5 Å². The van der Waals surface area contributed by atoms with E-state index in [1.165, 1.54) is 0 Å². The summed E-state index contributed by atoms with van der Waals surface area (Å²) in [7, 11) is 0. The highest BCUT2D eigenvalue weighted by atomic mass is 16.5. The lowest BCUT2D eigenvalue weighted by atomic mass is 10.2. The molecule has 4 heteroatoms. The van der Waals surface area contributed by atoms with Crippen molar-refractivity contribution in [2.75, 3.05) is 26.2 Å². The fourth-order valence-corrected chi connectivity index (χ4v) is 1.81. The Morgan fingerprint density at radius 1 is 1.57 bits per heavy atom. The highest BCUT2D eigenvalue weighted by Gasteiger charge is 2.19. The number of nitrogens with zero attached hydrogens (tertiary/aromatic N) is 3. The Morgan fingerprint density at radius 3 is 3.21 bits per heavy atom. The molecular formula is C10H17N3O. The van der Waals surface area contributed by atoms with Crippen molar-refractivity contribution in [3.05, 3.63) is 18.7 Å². The van der Waals surface area contributed by atoms with Crippen LogP contribution in [-0.4, -0.2) is 46.8 Å². The third-order valence-corrected chi connectivity index (χ3v) is 2.64. The zero-order chi connectivity index (χ0) is 9.80. The summed E-state index contributed by atoms with van der Waals surface area (Å²) in [5, 5.41) is 0. The van der Waals surface area contributed by atoms with E-state index in [0.717, 1.165) is 32.8 Å². The Balaban J connectivity index is 1.86. The lowest BCUT2D eigenvalue weighted by Gasteiger charge is -2.32. The van der Waals surface area contributed by atoms with Crippen LogP contribution >= 0.6 is 0 Å². The quantitative estimate of drug-likeness (QED) is 0.707. The average molecular weight is 195 g/mol. The number of likely N-dealkylation sites (N-methyl/N-ethyl adjacent to an activating group) is 1. The summed E-state index contributed by atoms with van der Waals surface area (Å²) in [5.41, 5.74) is 0. The molecule has 4 nitrogen and oxygen atoms in total. The molecule has 1 aliphatic rings. The topological polar surface area (TPSA) is 30.3 Å². The van der Waals surface area contributed by atoms with E-state index in [-0.39, 0.29) is 0 Å². The van der Waals surface area contributed by atoms with E-state index in [4.69, 9.17) is 4.74 Å². The Hall–Kier alpha value is -0.870. The molecule has 1 fully saturated rings. The predicted molar refractivity (Wildman–Crippen MR) is 54.1 cm³/mol. The minimum atomic E-state index is 0.317. The molecule has 0 spiro atoms. The molecule has 1 aromatic heterocycles. The average Bonchev–Trinajstić information content (AvgIpc) is 2.71. The minimum absolute atomic E-state index is 0.317. The van der Waals surface area contributed by atoms with Crippen molar-refractivity contribution < 1.29 is 4.74 Å². The zero-order valence-corrected chi connectivity index (χ0v) is 8.59. The van der Waals surface area contributed by atoms with Crippen LogP contribution in [0.5, 0.6) is 0 Å². The van der Waals surface area contributed by atoms with Gasteiger partial charge < -0.3 is 9.30 Å². The van der Waals surface area contributed by atoms with E-state index in [0.29, 0.717) is 6.10 Å². The van der Waals surface area contributed by atoms with Gasteiger partial charge in [0, 0.05) is 25.5 Å². The number of morpholine rings is 1. The summed E-state index contributed by atoms with van der Waals surface area (Å²) < 4.78 is 7.77. The molecule has 2 rings (SSSR count). The molecular weight excluding hydrogens is 178 g/mol. The van der Waals surface area contributed by atoms with Crippen LogP contribution < -0.4 is 0 Å². The van der Waals surface area contributed by atoms with Gasteiger partial charge in [-0.1, -0.05) is 6.92 Å². The molecule has 14 heavy (non-hydrogen) atoms. The molecule has 1 aromatic rings. The van der Waals surface area contributed by atoms with Crippen molar-refractivity contribution >= 4 is 0 Å². The second-order valence-corrected chi connectivity index (χ2v) is 3.65. The molecule has 1 aliphatic heterocycles. The van der Waals surface area contributed by atoms with Crippen LogP contribution in [0.15, 0.2) is 18.7 Å².